The highest BCUT2D eigenvalue weighted by Gasteiger charge is 2.15. The lowest BCUT2D eigenvalue weighted by Crippen LogP contribution is -2.28. The molecule has 0 radical (unpaired) electrons. The molecular weight excluding hydrogens is 469 g/mol. The summed E-state index contributed by atoms with van der Waals surface area (Å²) in [6, 6.07) is 13.5. The van der Waals surface area contributed by atoms with Crippen LogP contribution in [0.4, 0.5) is 0 Å². The Balaban J connectivity index is 1.42. The number of tetrazole rings is 1. The van der Waals surface area contributed by atoms with E-state index in [9.17, 15) is 14.7 Å². The van der Waals surface area contributed by atoms with Crippen LogP contribution in [0.3, 0.4) is 0 Å². The first kappa shape index (κ1) is 22.5. The maximum absolute atomic E-state index is 12.4. The summed E-state index contributed by atoms with van der Waals surface area (Å²) in [5.74, 6) is -0.760. The van der Waals surface area contributed by atoms with Gasteiger partial charge < -0.3 is 15.2 Å². The molecule has 4 aromatic rings. The van der Waals surface area contributed by atoms with Gasteiger partial charge >= 0.3 is 5.97 Å². The van der Waals surface area contributed by atoms with Crippen molar-refractivity contribution in [3.63, 3.8) is 0 Å². The number of carbonyl (C=O) groups excluding carboxylic acids is 1. The van der Waals surface area contributed by atoms with Crippen LogP contribution >= 0.6 is 23.2 Å². The minimum absolute atomic E-state index is 0.00495. The number of aromatic amines is 1. The van der Waals surface area contributed by atoms with Crippen molar-refractivity contribution < 1.29 is 19.4 Å². The van der Waals surface area contributed by atoms with Crippen LogP contribution in [-0.4, -0.2) is 44.2 Å². The molecule has 168 valence electrons. The van der Waals surface area contributed by atoms with Gasteiger partial charge in [0.2, 0.25) is 0 Å². The number of fused-ring (bicyclic) bond motifs is 1. The van der Waals surface area contributed by atoms with E-state index in [4.69, 9.17) is 27.9 Å². The molecule has 33 heavy (non-hydrogen) atoms. The smallest absolute Gasteiger partial charge is 0.335 e. The minimum atomic E-state index is -1.14. The molecule has 0 spiro atoms. The number of amides is 1. The molecule has 0 saturated heterocycles. The van der Waals surface area contributed by atoms with Gasteiger partial charge in [-0.1, -0.05) is 52.7 Å². The SMILES string of the molecule is O=C(COc1cc(C(=O)O)cc2cc(Cl)cc(Cl)c12)NCc1cccc(Cc2nn[nH]n2)c1. The van der Waals surface area contributed by atoms with Crippen LogP contribution in [-0.2, 0) is 17.8 Å². The molecule has 3 N–H and O–H groups in total. The lowest BCUT2D eigenvalue weighted by molar-refractivity contribution is -0.123. The third kappa shape index (κ3) is 5.57. The largest absolute Gasteiger partial charge is 0.483 e. The molecule has 0 aliphatic heterocycles. The summed E-state index contributed by atoms with van der Waals surface area (Å²) in [5, 5.41) is 27.6. The maximum atomic E-state index is 12.4. The van der Waals surface area contributed by atoms with E-state index in [2.05, 4.69) is 25.9 Å². The zero-order chi connectivity index (χ0) is 23.4. The predicted molar refractivity (Wildman–Crippen MR) is 122 cm³/mol. The Bertz CT molecular complexity index is 1330. The summed E-state index contributed by atoms with van der Waals surface area (Å²) in [5.41, 5.74) is 1.86. The van der Waals surface area contributed by atoms with Crippen LogP contribution in [0.15, 0.2) is 48.5 Å². The number of benzene rings is 3. The van der Waals surface area contributed by atoms with E-state index in [0.717, 1.165) is 11.1 Å². The summed E-state index contributed by atoms with van der Waals surface area (Å²) < 4.78 is 5.65. The highest BCUT2D eigenvalue weighted by atomic mass is 35.5. The maximum Gasteiger partial charge on any atom is 0.335 e. The lowest BCUT2D eigenvalue weighted by Gasteiger charge is -2.13. The van der Waals surface area contributed by atoms with Gasteiger partial charge in [0.25, 0.3) is 5.91 Å². The Morgan fingerprint density at radius 2 is 1.91 bits per heavy atom. The van der Waals surface area contributed by atoms with Crippen molar-refractivity contribution in [3.8, 4) is 5.75 Å². The minimum Gasteiger partial charge on any atom is -0.483 e. The molecule has 0 atom stereocenters. The molecule has 1 heterocycles. The zero-order valence-corrected chi connectivity index (χ0v) is 18.5. The van der Waals surface area contributed by atoms with Gasteiger partial charge in [0, 0.05) is 23.4 Å². The number of carboxylic acids is 1. The van der Waals surface area contributed by atoms with Crippen molar-refractivity contribution in [2.45, 2.75) is 13.0 Å². The van der Waals surface area contributed by atoms with E-state index in [0.29, 0.717) is 33.1 Å². The van der Waals surface area contributed by atoms with E-state index in [1.807, 2.05) is 24.3 Å². The van der Waals surface area contributed by atoms with Crippen molar-refractivity contribution in [2.24, 2.45) is 0 Å². The Kier molecular flexibility index (Phi) is 6.71. The van der Waals surface area contributed by atoms with Crippen molar-refractivity contribution in [3.05, 3.63) is 81.1 Å². The topological polar surface area (TPSA) is 130 Å². The van der Waals surface area contributed by atoms with Crippen molar-refractivity contribution in [2.75, 3.05) is 6.61 Å². The number of ether oxygens (including phenoxy) is 1. The number of nitrogens with zero attached hydrogens (tertiary/aromatic N) is 3. The zero-order valence-electron chi connectivity index (χ0n) is 17.0. The van der Waals surface area contributed by atoms with Crippen LogP contribution in [0, 0.1) is 0 Å². The van der Waals surface area contributed by atoms with Gasteiger partial charge in [-0.05, 0) is 40.8 Å². The number of carbonyl (C=O) groups is 2. The average molecular weight is 486 g/mol. The number of aromatic nitrogens is 4. The van der Waals surface area contributed by atoms with E-state index in [-0.39, 0.29) is 30.4 Å². The quantitative estimate of drug-likeness (QED) is 0.347. The molecule has 0 saturated carbocycles. The summed E-state index contributed by atoms with van der Waals surface area (Å²) in [6.07, 6.45) is 0.513. The molecule has 0 bridgehead atoms. The van der Waals surface area contributed by atoms with Gasteiger partial charge in [0.15, 0.2) is 12.4 Å². The van der Waals surface area contributed by atoms with E-state index in [1.54, 1.807) is 6.07 Å². The van der Waals surface area contributed by atoms with Gasteiger partial charge in [0.1, 0.15) is 5.75 Å². The Labute approximate surface area is 197 Å². The van der Waals surface area contributed by atoms with Crippen LogP contribution in [0.5, 0.6) is 5.75 Å². The van der Waals surface area contributed by atoms with Crippen molar-refractivity contribution in [1.82, 2.24) is 25.9 Å². The molecule has 0 aliphatic carbocycles. The average Bonchev–Trinajstić information content (AvgIpc) is 3.28. The molecule has 9 nitrogen and oxygen atoms in total. The number of nitrogens with one attached hydrogen (secondary N) is 2. The van der Waals surface area contributed by atoms with Crippen LogP contribution in [0.2, 0.25) is 10.0 Å². The second kappa shape index (κ2) is 9.85. The fourth-order valence-electron chi connectivity index (χ4n) is 3.31. The standard InChI is InChI=1S/C22H17Cl2N5O4/c23-16-7-14-6-15(22(31)32)8-18(21(14)17(24)9-16)33-11-20(30)25-10-13-3-1-2-12(4-13)5-19-26-28-29-27-19/h1-4,6-9H,5,10-11H2,(H,25,30)(H,31,32)(H,26,27,28,29). The second-order valence-corrected chi connectivity index (χ2v) is 8.00. The van der Waals surface area contributed by atoms with E-state index in [1.165, 1.54) is 18.2 Å². The molecule has 0 aliphatic rings. The molecule has 11 heteroatoms. The third-order valence-electron chi connectivity index (χ3n) is 4.77. The Morgan fingerprint density at radius 3 is 2.67 bits per heavy atom. The van der Waals surface area contributed by atoms with Gasteiger partial charge in [0.05, 0.1) is 10.6 Å². The number of hydrogen-bond donors (Lipinski definition) is 3. The highest BCUT2D eigenvalue weighted by molar-refractivity contribution is 6.39. The molecule has 3 aromatic carbocycles. The molecule has 0 fully saturated rings. The normalized spacial score (nSPS) is 10.8. The van der Waals surface area contributed by atoms with Crippen molar-refractivity contribution in [1.29, 1.82) is 0 Å². The summed E-state index contributed by atoms with van der Waals surface area (Å²) in [4.78, 5) is 23.9. The summed E-state index contributed by atoms with van der Waals surface area (Å²) in [6.45, 7) is -0.0335. The van der Waals surface area contributed by atoms with Gasteiger partial charge in [-0.3, -0.25) is 4.79 Å². The summed E-state index contributed by atoms with van der Waals surface area (Å²) in [7, 11) is 0. The molecular formula is C22H17Cl2N5O4. The van der Waals surface area contributed by atoms with Gasteiger partial charge in [-0.15, -0.1) is 10.2 Å². The van der Waals surface area contributed by atoms with Crippen molar-refractivity contribution >= 4 is 45.9 Å². The molecule has 4 rings (SSSR count). The fourth-order valence-corrected chi connectivity index (χ4v) is 3.91. The molecule has 1 aromatic heterocycles. The van der Waals surface area contributed by atoms with Crippen LogP contribution < -0.4 is 10.1 Å². The lowest BCUT2D eigenvalue weighted by atomic mass is 10.1. The predicted octanol–water partition coefficient (Wildman–Crippen LogP) is 3.64. The van der Waals surface area contributed by atoms with Gasteiger partial charge in [-0.25, -0.2) is 4.79 Å². The molecule has 1 amide bonds. The van der Waals surface area contributed by atoms with E-state index >= 15 is 0 Å². The number of carboxylic acid groups (broad SMARTS) is 1. The molecule has 0 unspecified atom stereocenters. The summed E-state index contributed by atoms with van der Waals surface area (Å²) >= 11 is 12.3. The fraction of sp³-hybridized carbons (Fsp3) is 0.136. The Hall–Kier alpha value is -3.69. The second-order valence-electron chi connectivity index (χ2n) is 7.16. The van der Waals surface area contributed by atoms with E-state index < -0.39 is 5.97 Å². The number of rotatable bonds is 8. The third-order valence-corrected chi connectivity index (χ3v) is 5.28. The number of aromatic carboxylic acids is 1. The monoisotopic (exact) mass is 485 g/mol. The number of H-pyrrole nitrogens is 1. The number of hydrogen-bond acceptors (Lipinski definition) is 6. The van der Waals surface area contributed by atoms with Gasteiger partial charge in [-0.2, -0.15) is 5.21 Å². The number of halogens is 2. The first-order chi connectivity index (χ1) is 15.9. The highest BCUT2D eigenvalue weighted by Crippen LogP contribution is 2.36. The Morgan fingerprint density at radius 1 is 1.09 bits per heavy atom. The first-order valence-corrected chi connectivity index (χ1v) is 10.5. The first-order valence-electron chi connectivity index (χ1n) is 9.75. The van der Waals surface area contributed by atoms with Crippen LogP contribution in [0.1, 0.15) is 27.3 Å². The van der Waals surface area contributed by atoms with Crippen LogP contribution in [0.25, 0.3) is 10.8 Å².